The minimum absolute atomic E-state index is 0.0396. The second kappa shape index (κ2) is 8.41. The molecule has 0 atom stereocenters. The van der Waals surface area contributed by atoms with E-state index in [0.717, 1.165) is 12.8 Å². The van der Waals surface area contributed by atoms with Gasteiger partial charge in [-0.3, -0.25) is 4.79 Å². The fourth-order valence-corrected chi connectivity index (χ4v) is 3.08. The molecule has 24 heavy (non-hydrogen) atoms. The van der Waals surface area contributed by atoms with E-state index >= 15 is 0 Å². The Balaban J connectivity index is 1.58. The van der Waals surface area contributed by atoms with E-state index in [4.69, 9.17) is 18.9 Å². The lowest BCUT2D eigenvalue weighted by molar-refractivity contribution is -0.0956. The van der Waals surface area contributed by atoms with Crippen molar-refractivity contribution >= 4 is 5.91 Å². The van der Waals surface area contributed by atoms with Crippen LogP contribution in [0.5, 0.6) is 5.88 Å². The van der Waals surface area contributed by atoms with E-state index in [9.17, 15) is 4.79 Å². The Morgan fingerprint density at radius 2 is 2.04 bits per heavy atom. The van der Waals surface area contributed by atoms with Gasteiger partial charge in [-0.15, -0.1) is 0 Å². The normalized spacial score (nSPS) is 19.6. The summed E-state index contributed by atoms with van der Waals surface area (Å²) in [5, 5.41) is 0. The lowest BCUT2D eigenvalue weighted by Crippen LogP contribution is -2.41. The largest absolute Gasteiger partial charge is 0.475 e. The number of pyridine rings is 1. The summed E-state index contributed by atoms with van der Waals surface area (Å²) in [6.07, 6.45) is 3.29. The Kier molecular flexibility index (Phi) is 6.01. The minimum atomic E-state index is -0.103. The zero-order valence-electron chi connectivity index (χ0n) is 14.0. The second-order valence-electron chi connectivity index (χ2n) is 5.94. The fourth-order valence-electron chi connectivity index (χ4n) is 3.08. The Bertz CT molecular complexity index is 540. The fraction of sp³-hybridized carbons (Fsp3) is 0.647. The maximum Gasteiger partial charge on any atom is 0.259 e. The van der Waals surface area contributed by atoms with E-state index in [2.05, 4.69) is 4.98 Å². The number of amides is 1. The van der Waals surface area contributed by atoms with Gasteiger partial charge in [-0.25, -0.2) is 4.98 Å². The van der Waals surface area contributed by atoms with Gasteiger partial charge in [0.05, 0.1) is 19.8 Å². The molecule has 0 spiro atoms. The SMILES string of the molecule is COCCOc1ncccc1C(=O)N1CCC(C2OCCO2)CC1. The van der Waals surface area contributed by atoms with Gasteiger partial charge in [-0.1, -0.05) is 0 Å². The number of methoxy groups -OCH3 is 1. The van der Waals surface area contributed by atoms with Crippen molar-refractivity contribution in [2.75, 3.05) is 46.6 Å². The van der Waals surface area contributed by atoms with Crippen LogP contribution in [-0.2, 0) is 14.2 Å². The van der Waals surface area contributed by atoms with Gasteiger partial charge in [-0.05, 0) is 25.0 Å². The van der Waals surface area contributed by atoms with E-state index in [0.29, 0.717) is 56.9 Å². The molecule has 0 N–H and O–H groups in total. The van der Waals surface area contributed by atoms with Crippen LogP contribution in [-0.4, -0.2) is 68.7 Å². The van der Waals surface area contributed by atoms with Gasteiger partial charge in [0.1, 0.15) is 12.2 Å². The van der Waals surface area contributed by atoms with Gasteiger partial charge in [0.25, 0.3) is 5.91 Å². The van der Waals surface area contributed by atoms with Crippen LogP contribution in [0.1, 0.15) is 23.2 Å². The van der Waals surface area contributed by atoms with Crippen LogP contribution in [0.4, 0.5) is 0 Å². The Hall–Kier alpha value is -1.70. The van der Waals surface area contributed by atoms with Gasteiger partial charge < -0.3 is 23.8 Å². The molecule has 1 aromatic heterocycles. The second-order valence-corrected chi connectivity index (χ2v) is 5.94. The number of nitrogens with zero attached hydrogens (tertiary/aromatic N) is 2. The molecule has 2 fully saturated rings. The molecule has 7 nitrogen and oxygen atoms in total. The summed E-state index contributed by atoms with van der Waals surface area (Å²) in [7, 11) is 1.61. The van der Waals surface area contributed by atoms with Crippen molar-refractivity contribution in [3.05, 3.63) is 23.9 Å². The third kappa shape index (κ3) is 4.03. The molecular weight excluding hydrogens is 312 g/mol. The average Bonchev–Trinajstić information content (AvgIpc) is 3.17. The molecule has 132 valence electrons. The molecule has 0 radical (unpaired) electrons. The number of carbonyl (C=O) groups excluding carboxylic acids is 1. The highest BCUT2D eigenvalue weighted by Crippen LogP contribution is 2.27. The number of hydrogen-bond donors (Lipinski definition) is 0. The Morgan fingerprint density at radius 3 is 2.75 bits per heavy atom. The van der Waals surface area contributed by atoms with E-state index in [1.54, 1.807) is 25.4 Å². The zero-order valence-corrected chi connectivity index (χ0v) is 14.0. The summed E-state index contributed by atoms with van der Waals surface area (Å²) in [4.78, 5) is 18.8. The molecule has 1 aromatic rings. The van der Waals surface area contributed by atoms with Crippen molar-refractivity contribution in [2.45, 2.75) is 19.1 Å². The number of aromatic nitrogens is 1. The lowest BCUT2D eigenvalue weighted by atomic mass is 9.95. The molecule has 7 heteroatoms. The van der Waals surface area contributed by atoms with E-state index in [1.807, 2.05) is 4.90 Å². The first-order chi connectivity index (χ1) is 11.8. The molecule has 2 aliphatic heterocycles. The smallest absolute Gasteiger partial charge is 0.259 e. The summed E-state index contributed by atoms with van der Waals surface area (Å²) in [6, 6.07) is 3.51. The highest BCUT2D eigenvalue weighted by atomic mass is 16.7. The van der Waals surface area contributed by atoms with Crippen molar-refractivity contribution in [1.82, 2.24) is 9.88 Å². The third-order valence-electron chi connectivity index (χ3n) is 4.39. The van der Waals surface area contributed by atoms with Gasteiger partial charge >= 0.3 is 0 Å². The molecule has 0 aliphatic carbocycles. The maximum absolute atomic E-state index is 12.8. The molecule has 2 saturated heterocycles. The van der Waals surface area contributed by atoms with E-state index in [-0.39, 0.29) is 12.2 Å². The van der Waals surface area contributed by atoms with Gasteiger partial charge in [0, 0.05) is 32.3 Å². The Morgan fingerprint density at radius 1 is 1.29 bits per heavy atom. The van der Waals surface area contributed by atoms with Crippen LogP contribution in [0, 0.1) is 5.92 Å². The van der Waals surface area contributed by atoms with Crippen molar-refractivity contribution in [2.24, 2.45) is 5.92 Å². The summed E-state index contributed by atoms with van der Waals surface area (Å²) in [6.45, 7) is 3.55. The molecule has 0 bridgehead atoms. The molecule has 3 rings (SSSR count). The van der Waals surface area contributed by atoms with Crippen molar-refractivity contribution in [3.8, 4) is 5.88 Å². The van der Waals surface area contributed by atoms with E-state index in [1.165, 1.54) is 0 Å². The highest BCUT2D eigenvalue weighted by Gasteiger charge is 2.32. The van der Waals surface area contributed by atoms with Crippen LogP contribution >= 0.6 is 0 Å². The number of carbonyl (C=O) groups is 1. The number of hydrogen-bond acceptors (Lipinski definition) is 6. The van der Waals surface area contributed by atoms with Gasteiger partial charge in [0.2, 0.25) is 5.88 Å². The van der Waals surface area contributed by atoms with Crippen LogP contribution in [0.25, 0.3) is 0 Å². The van der Waals surface area contributed by atoms with Gasteiger partial charge in [0.15, 0.2) is 6.29 Å². The molecule has 0 saturated carbocycles. The minimum Gasteiger partial charge on any atom is -0.475 e. The molecule has 1 amide bonds. The molecular formula is C17H24N2O5. The number of likely N-dealkylation sites (tertiary alicyclic amines) is 1. The van der Waals surface area contributed by atoms with E-state index < -0.39 is 0 Å². The van der Waals surface area contributed by atoms with Crippen LogP contribution in [0.3, 0.4) is 0 Å². The molecule has 2 aliphatic rings. The van der Waals surface area contributed by atoms with Gasteiger partial charge in [-0.2, -0.15) is 0 Å². The van der Waals surface area contributed by atoms with Crippen molar-refractivity contribution in [3.63, 3.8) is 0 Å². The first-order valence-corrected chi connectivity index (χ1v) is 8.39. The summed E-state index contributed by atoms with van der Waals surface area (Å²) in [5.41, 5.74) is 0.500. The summed E-state index contributed by atoms with van der Waals surface area (Å²) >= 11 is 0. The monoisotopic (exact) mass is 336 g/mol. The molecule has 3 heterocycles. The summed E-state index contributed by atoms with van der Waals surface area (Å²) < 4.78 is 21.7. The number of rotatable bonds is 6. The standard InChI is InChI=1S/C17H24N2O5/c1-21-9-10-22-15-14(3-2-6-18-15)16(20)19-7-4-13(5-8-19)17-23-11-12-24-17/h2-3,6,13,17H,4-5,7-12H2,1H3. The lowest BCUT2D eigenvalue weighted by Gasteiger charge is -2.34. The molecule has 0 unspecified atom stereocenters. The zero-order chi connectivity index (χ0) is 16.8. The van der Waals surface area contributed by atoms with Crippen LogP contribution in [0.15, 0.2) is 18.3 Å². The maximum atomic E-state index is 12.8. The predicted molar refractivity (Wildman–Crippen MR) is 85.9 cm³/mol. The Labute approximate surface area is 141 Å². The third-order valence-corrected chi connectivity index (χ3v) is 4.39. The number of ether oxygens (including phenoxy) is 4. The first kappa shape index (κ1) is 17.1. The predicted octanol–water partition coefficient (Wildman–Crippen LogP) is 1.33. The number of piperidine rings is 1. The van der Waals surface area contributed by atoms with Crippen molar-refractivity contribution in [1.29, 1.82) is 0 Å². The first-order valence-electron chi connectivity index (χ1n) is 8.39. The topological polar surface area (TPSA) is 70.1 Å². The summed E-state index contributed by atoms with van der Waals surface area (Å²) in [5.74, 6) is 0.689. The highest BCUT2D eigenvalue weighted by molar-refractivity contribution is 5.96. The van der Waals surface area contributed by atoms with Crippen LogP contribution in [0.2, 0.25) is 0 Å². The quantitative estimate of drug-likeness (QED) is 0.730. The molecule has 0 aromatic carbocycles. The average molecular weight is 336 g/mol. The van der Waals surface area contributed by atoms with Crippen LogP contribution < -0.4 is 4.74 Å². The van der Waals surface area contributed by atoms with Crippen molar-refractivity contribution < 1.29 is 23.7 Å².